The minimum atomic E-state index is -0.648. The number of thiazole rings is 1. The Hall–Kier alpha value is -4.76. The first-order valence-corrected chi connectivity index (χ1v) is 14.4. The summed E-state index contributed by atoms with van der Waals surface area (Å²) in [5, 5.41) is 2.82. The number of allylic oxidation sites excluding steroid dienone is 1. The van der Waals surface area contributed by atoms with Gasteiger partial charge in [0.05, 0.1) is 28.5 Å². The molecular formula is C33H31N3O5S. The monoisotopic (exact) mass is 581 g/mol. The number of hydrogen-bond donors (Lipinski definition) is 1. The fraction of sp³-hybridized carbons (Fsp3) is 0.212. The van der Waals surface area contributed by atoms with E-state index in [1.807, 2.05) is 74.5 Å². The highest BCUT2D eigenvalue weighted by molar-refractivity contribution is 7.07. The van der Waals surface area contributed by atoms with Crippen molar-refractivity contribution in [1.82, 2.24) is 4.57 Å². The number of hydrogen-bond acceptors (Lipinski definition) is 7. The molecule has 3 aromatic carbocycles. The second kappa shape index (κ2) is 12.4. The lowest BCUT2D eigenvalue weighted by molar-refractivity contribution is -0.139. The Morgan fingerprint density at radius 3 is 2.43 bits per heavy atom. The molecule has 0 radical (unpaired) electrons. The van der Waals surface area contributed by atoms with E-state index >= 15 is 0 Å². The number of anilines is 1. The topological polar surface area (TPSA) is 99.0 Å². The number of carbonyl (C=O) groups excluding carboxylic acids is 2. The molecule has 0 unspecified atom stereocenters. The van der Waals surface area contributed by atoms with Crippen molar-refractivity contribution in [1.29, 1.82) is 0 Å². The highest BCUT2D eigenvalue weighted by Gasteiger charge is 2.33. The molecule has 1 aliphatic rings. The maximum Gasteiger partial charge on any atom is 0.338 e. The molecular weight excluding hydrogens is 550 g/mol. The summed E-state index contributed by atoms with van der Waals surface area (Å²) in [7, 11) is 0. The van der Waals surface area contributed by atoms with Crippen LogP contribution in [-0.2, 0) is 14.3 Å². The lowest BCUT2D eigenvalue weighted by atomic mass is 9.95. The predicted molar refractivity (Wildman–Crippen MR) is 163 cm³/mol. The fourth-order valence-corrected chi connectivity index (χ4v) is 5.78. The number of amides is 1. The second-order valence-corrected chi connectivity index (χ2v) is 11.0. The summed E-state index contributed by atoms with van der Waals surface area (Å²) >= 11 is 1.27. The Labute approximate surface area is 247 Å². The molecule has 0 aliphatic carbocycles. The van der Waals surface area contributed by atoms with Gasteiger partial charge in [-0.1, -0.05) is 65.4 Å². The Morgan fingerprint density at radius 2 is 1.74 bits per heavy atom. The van der Waals surface area contributed by atoms with E-state index in [2.05, 4.69) is 10.3 Å². The highest BCUT2D eigenvalue weighted by Crippen LogP contribution is 2.30. The number of rotatable bonds is 8. The first-order valence-electron chi connectivity index (χ1n) is 13.6. The van der Waals surface area contributed by atoms with E-state index in [4.69, 9.17) is 9.47 Å². The number of nitrogens with one attached hydrogen (secondary N) is 1. The van der Waals surface area contributed by atoms with E-state index in [0.29, 0.717) is 26.4 Å². The average molecular weight is 582 g/mol. The molecule has 1 aromatic heterocycles. The van der Waals surface area contributed by atoms with Gasteiger partial charge in [0.15, 0.2) is 11.4 Å². The van der Waals surface area contributed by atoms with Crippen LogP contribution in [0.1, 0.15) is 42.1 Å². The molecule has 9 heteroatoms. The van der Waals surface area contributed by atoms with Crippen LogP contribution in [0.5, 0.6) is 5.75 Å². The number of esters is 1. The van der Waals surface area contributed by atoms with E-state index < -0.39 is 12.0 Å². The van der Waals surface area contributed by atoms with Gasteiger partial charge in [0, 0.05) is 5.69 Å². The van der Waals surface area contributed by atoms with Crippen LogP contribution in [0.25, 0.3) is 6.08 Å². The minimum absolute atomic E-state index is 0.132. The zero-order chi connectivity index (χ0) is 29.8. The molecule has 5 rings (SSSR count). The summed E-state index contributed by atoms with van der Waals surface area (Å²) in [6, 6.07) is 21.8. The Bertz CT molecular complexity index is 1850. The van der Waals surface area contributed by atoms with Crippen molar-refractivity contribution < 1.29 is 19.1 Å². The van der Waals surface area contributed by atoms with Gasteiger partial charge in [-0.05, 0) is 74.7 Å². The third kappa shape index (κ3) is 6.26. The summed E-state index contributed by atoms with van der Waals surface area (Å²) in [5.74, 6) is -0.213. The van der Waals surface area contributed by atoms with Crippen LogP contribution in [0, 0.1) is 13.8 Å². The average Bonchev–Trinajstić information content (AvgIpc) is 3.26. The van der Waals surface area contributed by atoms with Crippen molar-refractivity contribution in [3.63, 3.8) is 0 Å². The minimum Gasteiger partial charge on any atom is -0.484 e. The van der Waals surface area contributed by atoms with Crippen LogP contribution in [0.15, 0.2) is 93.9 Å². The highest BCUT2D eigenvalue weighted by atomic mass is 32.1. The first kappa shape index (κ1) is 28.8. The van der Waals surface area contributed by atoms with Crippen molar-refractivity contribution in [3.05, 3.63) is 126 Å². The standard InChI is InChI=1S/C33H31N3O5S/c1-5-40-32(39)29-22(4)34-33-36(30(29)24-13-9-20(2)10-14-24)31(38)27(42-33)18-23-11-15-26(16-12-23)41-19-28(37)35-25-8-6-7-21(3)17-25/h6-18,30H,5,19H2,1-4H3,(H,35,37)/b27-18-/t30-/m0/s1. The van der Waals surface area contributed by atoms with Gasteiger partial charge in [-0.3, -0.25) is 14.2 Å². The summed E-state index contributed by atoms with van der Waals surface area (Å²) in [5.41, 5.74) is 5.07. The van der Waals surface area contributed by atoms with Gasteiger partial charge in [0.1, 0.15) is 5.75 Å². The maximum atomic E-state index is 13.8. The molecule has 1 atom stereocenters. The molecule has 2 heterocycles. The van der Waals surface area contributed by atoms with E-state index in [-0.39, 0.29) is 24.7 Å². The Balaban J connectivity index is 1.40. The summed E-state index contributed by atoms with van der Waals surface area (Å²) in [6.45, 7) is 7.55. The Kier molecular flexibility index (Phi) is 8.49. The first-order chi connectivity index (χ1) is 20.2. The molecule has 1 N–H and O–H groups in total. The smallest absolute Gasteiger partial charge is 0.338 e. The number of aryl methyl sites for hydroxylation is 2. The molecule has 1 amide bonds. The Morgan fingerprint density at radius 1 is 1.00 bits per heavy atom. The number of nitrogens with zero attached hydrogens (tertiary/aromatic N) is 2. The SMILES string of the molecule is CCOC(=O)C1=C(C)N=c2s/c(=C\c3ccc(OCC(=O)Nc4cccc(C)c4)cc3)c(=O)n2[C@H]1c1ccc(C)cc1. The van der Waals surface area contributed by atoms with Gasteiger partial charge in [-0.2, -0.15) is 0 Å². The molecule has 42 heavy (non-hydrogen) atoms. The van der Waals surface area contributed by atoms with E-state index in [1.54, 1.807) is 36.6 Å². The van der Waals surface area contributed by atoms with Gasteiger partial charge in [-0.15, -0.1) is 0 Å². The molecule has 0 saturated heterocycles. The third-order valence-electron chi connectivity index (χ3n) is 6.76. The normalized spacial score (nSPS) is 14.7. The zero-order valence-corrected chi connectivity index (χ0v) is 24.7. The molecule has 1 aliphatic heterocycles. The van der Waals surface area contributed by atoms with Crippen LogP contribution in [0.3, 0.4) is 0 Å². The van der Waals surface area contributed by atoms with Crippen LogP contribution in [-0.4, -0.2) is 29.7 Å². The van der Waals surface area contributed by atoms with Gasteiger partial charge in [-0.25, -0.2) is 9.79 Å². The number of fused-ring (bicyclic) bond motifs is 1. The zero-order valence-electron chi connectivity index (χ0n) is 23.8. The molecule has 0 saturated carbocycles. The van der Waals surface area contributed by atoms with Crippen molar-refractivity contribution in [3.8, 4) is 5.75 Å². The second-order valence-electron chi connectivity index (χ2n) is 9.99. The van der Waals surface area contributed by atoms with E-state index in [0.717, 1.165) is 27.9 Å². The van der Waals surface area contributed by atoms with Crippen LogP contribution >= 0.6 is 11.3 Å². The van der Waals surface area contributed by atoms with Crippen molar-refractivity contribution in [2.45, 2.75) is 33.7 Å². The lowest BCUT2D eigenvalue weighted by Gasteiger charge is -2.24. The quantitative estimate of drug-likeness (QED) is 0.311. The summed E-state index contributed by atoms with van der Waals surface area (Å²) < 4.78 is 13.1. The van der Waals surface area contributed by atoms with Gasteiger partial charge < -0.3 is 14.8 Å². The molecule has 4 aromatic rings. The largest absolute Gasteiger partial charge is 0.484 e. The van der Waals surface area contributed by atoms with E-state index in [1.165, 1.54) is 11.3 Å². The van der Waals surface area contributed by atoms with Crippen LogP contribution in [0.4, 0.5) is 5.69 Å². The fourth-order valence-electron chi connectivity index (χ4n) is 4.74. The van der Waals surface area contributed by atoms with Crippen molar-refractivity contribution in [2.75, 3.05) is 18.5 Å². The summed E-state index contributed by atoms with van der Waals surface area (Å²) in [4.78, 5) is 44.2. The number of carbonyl (C=O) groups is 2. The van der Waals surface area contributed by atoms with Crippen LogP contribution in [0.2, 0.25) is 0 Å². The van der Waals surface area contributed by atoms with Crippen molar-refractivity contribution >= 4 is 35.0 Å². The van der Waals surface area contributed by atoms with Crippen molar-refractivity contribution in [2.24, 2.45) is 4.99 Å². The molecule has 0 fully saturated rings. The third-order valence-corrected chi connectivity index (χ3v) is 7.74. The van der Waals surface area contributed by atoms with E-state index in [9.17, 15) is 14.4 Å². The predicted octanol–water partition coefficient (Wildman–Crippen LogP) is 4.43. The number of aromatic nitrogens is 1. The number of benzene rings is 3. The molecule has 214 valence electrons. The molecule has 0 spiro atoms. The maximum absolute atomic E-state index is 13.8. The lowest BCUT2D eigenvalue weighted by Crippen LogP contribution is -2.39. The number of ether oxygens (including phenoxy) is 2. The van der Waals surface area contributed by atoms with Gasteiger partial charge >= 0.3 is 5.97 Å². The van der Waals surface area contributed by atoms with Gasteiger partial charge in [0.25, 0.3) is 11.5 Å². The van der Waals surface area contributed by atoms with Gasteiger partial charge in [0.2, 0.25) is 0 Å². The van der Waals surface area contributed by atoms with Crippen LogP contribution < -0.4 is 24.9 Å². The molecule has 0 bridgehead atoms. The summed E-state index contributed by atoms with van der Waals surface area (Å²) in [6.07, 6.45) is 1.79. The molecule has 8 nitrogen and oxygen atoms in total.